The van der Waals surface area contributed by atoms with Crippen molar-refractivity contribution in [1.29, 1.82) is 0 Å². The molecule has 0 rings (SSSR count). The van der Waals surface area contributed by atoms with E-state index in [2.05, 4.69) is 20.9 Å². The fourth-order valence-electron chi connectivity index (χ4n) is 0.0745. The van der Waals surface area contributed by atoms with E-state index < -0.39 is 6.80 Å². The molecular weight excluding hydrogens is 138 g/mol. The summed E-state index contributed by atoms with van der Waals surface area (Å²) in [6, 6.07) is 0. The van der Waals surface area contributed by atoms with E-state index >= 15 is 0 Å². The molecule has 0 saturated heterocycles. The van der Waals surface area contributed by atoms with Crippen molar-refractivity contribution in [3.05, 3.63) is 0 Å². The van der Waals surface area contributed by atoms with Gasteiger partial charge >= 0.3 is 6.80 Å². The van der Waals surface area contributed by atoms with Gasteiger partial charge in [0.25, 0.3) is 0 Å². The summed E-state index contributed by atoms with van der Waals surface area (Å²) < 4.78 is 20.3. The Morgan fingerprint density at radius 2 is 1.71 bits per heavy atom. The number of halogens is 1. The fourth-order valence-corrected chi connectivity index (χ4v) is 0.224. The highest BCUT2D eigenvalue weighted by Crippen LogP contribution is 2.48. The molecule has 0 aromatic rings. The van der Waals surface area contributed by atoms with E-state index in [0.717, 1.165) is 0 Å². The minimum atomic E-state index is -3.32. The van der Waals surface area contributed by atoms with Crippen LogP contribution in [-0.4, -0.2) is 14.2 Å². The first-order valence-corrected chi connectivity index (χ1v) is 4.06. The van der Waals surface area contributed by atoms with Crippen molar-refractivity contribution < 1.29 is 13.2 Å². The van der Waals surface area contributed by atoms with Gasteiger partial charge < -0.3 is 9.05 Å². The molecule has 0 heterocycles. The Labute approximate surface area is 46.9 Å². The normalized spacial score (nSPS) is 11.9. The minimum Gasteiger partial charge on any atom is -0.309 e. The lowest BCUT2D eigenvalue weighted by atomic mass is 11.8. The molecule has 0 aromatic carbocycles. The highest BCUT2D eigenvalue weighted by Gasteiger charge is 2.10. The lowest BCUT2D eigenvalue weighted by molar-refractivity contribution is 0.302. The SMILES string of the molecule is COP(F)(=S)OC. The molecule has 2 nitrogen and oxygen atoms in total. The smallest absolute Gasteiger partial charge is 0.309 e. The van der Waals surface area contributed by atoms with Gasteiger partial charge in [0.1, 0.15) is 0 Å². The number of hydrogen-bond donors (Lipinski definition) is 0. The average molecular weight is 144 g/mol. The zero-order valence-electron chi connectivity index (χ0n) is 4.05. The molecule has 0 saturated carbocycles. The van der Waals surface area contributed by atoms with Crippen LogP contribution in [0.4, 0.5) is 4.20 Å². The van der Waals surface area contributed by atoms with Crippen molar-refractivity contribution in [1.82, 2.24) is 0 Å². The second-order valence-corrected chi connectivity index (χ2v) is 3.70. The summed E-state index contributed by atoms with van der Waals surface area (Å²) in [5.74, 6) is 0. The van der Waals surface area contributed by atoms with Crippen LogP contribution in [0, 0.1) is 0 Å². The van der Waals surface area contributed by atoms with Gasteiger partial charge in [-0.15, -0.1) is 0 Å². The monoisotopic (exact) mass is 144 g/mol. The Bertz CT molecular complexity index is 87.7. The third kappa shape index (κ3) is 3.12. The van der Waals surface area contributed by atoms with Crippen LogP contribution >= 0.6 is 6.80 Å². The number of hydrogen-bond acceptors (Lipinski definition) is 3. The summed E-state index contributed by atoms with van der Waals surface area (Å²) in [7, 11) is 2.37. The van der Waals surface area contributed by atoms with Crippen molar-refractivity contribution in [2.45, 2.75) is 0 Å². The van der Waals surface area contributed by atoms with E-state index in [9.17, 15) is 4.20 Å². The maximum Gasteiger partial charge on any atom is 0.365 e. The van der Waals surface area contributed by atoms with E-state index in [-0.39, 0.29) is 0 Å². The van der Waals surface area contributed by atoms with Crippen molar-refractivity contribution in [2.24, 2.45) is 0 Å². The summed E-state index contributed by atoms with van der Waals surface area (Å²) in [4.78, 5) is 0. The Morgan fingerprint density at radius 3 is 1.71 bits per heavy atom. The van der Waals surface area contributed by atoms with Gasteiger partial charge in [-0.1, -0.05) is 0 Å². The minimum absolute atomic E-state index is 1.18. The largest absolute Gasteiger partial charge is 0.365 e. The molecule has 0 aliphatic rings. The van der Waals surface area contributed by atoms with Crippen LogP contribution in [0.2, 0.25) is 0 Å². The fraction of sp³-hybridized carbons (Fsp3) is 1.00. The van der Waals surface area contributed by atoms with Gasteiger partial charge in [0.05, 0.1) is 0 Å². The van der Waals surface area contributed by atoms with E-state index in [1.807, 2.05) is 0 Å². The predicted octanol–water partition coefficient (Wildman–Crippen LogP) is 1.47. The van der Waals surface area contributed by atoms with Gasteiger partial charge in [-0.3, -0.25) is 0 Å². The molecule has 0 aliphatic heterocycles. The van der Waals surface area contributed by atoms with Gasteiger partial charge in [0, 0.05) is 14.2 Å². The highest BCUT2D eigenvalue weighted by atomic mass is 32.5. The first-order chi connectivity index (χ1) is 3.12. The lowest BCUT2D eigenvalue weighted by Gasteiger charge is -2.03. The topological polar surface area (TPSA) is 18.5 Å². The van der Waals surface area contributed by atoms with E-state index in [4.69, 9.17) is 0 Å². The van der Waals surface area contributed by atoms with Crippen LogP contribution in [0.25, 0.3) is 0 Å². The predicted molar refractivity (Wildman–Crippen MR) is 29.4 cm³/mol. The molecule has 0 radical (unpaired) electrons. The molecule has 7 heavy (non-hydrogen) atoms. The molecule has 0 N–H and O–H groups in total. The van der Waals surface area contributed by atoms with E-state index in [1.165, 1.54) is 14.2 Å². The lowest BCUT2D eigenvalue weighted by Crippen LogP contribution is -1.77. The second-order valence-electron chi connectivity index (χ2n) is 0.796. The van der Waals surface area contributed by atoms with Gasteiger partial charge in [0.15, 0.2) is 0 Å². The summed E-state index contributed by atoms with van der Waals surface area (Å²) >= 11 is 4.15. The van der Waals surface area contributed by atoms with Crippen LogP contribution in [0.15, 0.2) is 0 Å². The molecule has 5 heteroatoms. The summed E-state index contributed by atoms with van der Waals surface area (Å²) in [6.07, 6.45) is 0. The first kappa shape index (κ1) is 7.50. The van der Waals surface area contributed by atoms with Crippen LogP contribution in [0.3, 0.4) is 0 Å². The quantitative estimate of drug-likeness (QED) is 0.547. The molecule has 0 bridgehead atoms. The molecule has 0 aliphatic carbocycles. The summed E-state index contributed by atoms with van der Waals surface area (Å²) in [5.41, 5.74) is 0. The van der Waals surface area contributed by atoms with Gasteiger partial charge in [0.2, 0.25) is 0 Å². The molecule has 0 unspecified atom stereocenters. The van der Waals surface area contributed by atoms with Crippen molar-refractivity contribution in [3.8, 4) is 0 Å². The molecule has 0 aromatic heterocycles. The zero-order valence-corrected chi connectivity index (χ0v) is 5.76. The van der Waals surface area contributed by atoms with Crippen LogP contribution in [0.1, 0.15) is 0 Å². The average Bonchev–Trinajstić information content (AvgIpc) is 1.68. The third-order valence-electron chi connectivity index (χ3n) is 0.436. The highest BCUT2D eigenvalue weighted by molar-refractivity contribution is 8.07. The Hall–Kier alpha value is 0.500. The van der Waals surface area contributed by atoms with Gasteiger partial charge in [-0.05, 0) is 11.8 Å². The molecule has 44 valence electrons. The molecule has 0 amide bonds. The van der Waals surface area contributed by atoms with Crippen LogP contribution < -0.4 is 0 Å². The third-order valence-corrected chi connectivity index (χ3v) is 2.20. The molecular formula is C2H6FO2PS. The van der Waals surface area contributed by atoms with Gasteiger partial charge in [-0.25, -0.2) is 0 Å². The Kier molecular flexibility index (Phi) is 2.92. The molecule has 0 atom stereocenters. The van der Waals surface area contributed by atoms with Crippen molar-refractivity contribution >= 4 is 18.6 Å². The van der Waals surface area contributed by atoms with Crippen LogP contribution in [0.5, 0.6) is 0 Å². The standard InChI is InChI=1S/C2H6FO2PS/c1-4-6(3,7)5-2/h1-2H3. The Morgan fingerprint density at radius 1 is 1.43 bits per heavy atom. The van der Waals surface area contributed by atoms with E-state index in [1.54, 1.807) is 0 Å². The number of rotatable bonds is 2. The zero-order chi connectivity index (χ0) is 5.91. The second kappa shape index (κ2) is 2.72. The molecule has 0 spiro atoms. The first-order valence-electron chi connectivity index (χ1n) is 1.53. The van der Waals surface area contributed by atoms with Crippen molar-refractivity contribution in [2.75, 3.05) is 14.2 Å². The summed E-state index contributed by atoms with van der Waals surface area (Å²) in [6.45, 7) is -3.32. The van der Waals surface area contributed by atoms with E-state index in [0.29, 0.717) is 0 Å². The van der Waals surface area contributed by atoms with Gasteiger partial charge in [-0.2, -0.15) is 4.20 Å². The van der Waals surface area contributed by atoms with Crippen LogP contribution in [-0.2, 0) is 20.9 Å². The Balaban J connectivity index is 3.61. The van der Waals surface area contributed by atoms with Crippen molar-refractivity contribution in [3.63, 3.8) is 0 Å². The molecule has 0 fully saturated rings. The maximum absolute atomic E-state index is 12.0. The summed E-state index contributed by atoms with van der Waals surface area (Å²) in [5, 5.41) is 0. The maximum atomic E-state index is 12.0.